The number of halogens is 3. The van der Waals surface area contributed by atoms with Crippen LogP contribution < -0.4 is 15.4 Å². The second kappa shape index (κ2) is 9.26. The molecule has 0 aliphatic carbocycles. The number of aliphatic imine (C=N–C) groups is 1. The van der Waals surface area contributed by atoms with Crippen LogP contribution in [0.1, 0.15) is 15.4 Å². The number of aromatic nitrogens is 1. The van der Waals surface area contributed by atoms with Gasteiger partial charge in [0.2, 0.25) is 0 Å². The number of ether oxygens (including phenoxy) is 1. The molecule has 0 atom stereocenters. The van der Waals surface area contributed by atoms with Crippen molar-refractivity contribution in [1.82, 2.24) is 15.6 Å². The lowest BCUT2D eigenvalue weighted by Crippen LogP contribution is -2.38. The van der Waals surface area contributed by atoms with Crippen molar-refractivity contribution in [3.63, 3.8) is 0 Å². The quantitative estimate of drug-likeness (QED) is 0.579. The minimum Gasteiger partial charge on any atom is -0.434 e. The topological polar surface area (TPSA) is 58.5 Å². The summed E-state index contributed by atoms with van der Waals surface area (Å²) in [6.45, 7) is -0.475. The first-order chi connectivity index (χ1) is 12.0. The van der Waals surface area contributed by atoms with E-state index in [2.05, 4.69) is 25.3 Å². The van der Waals surface area contributed by atoms with Crippen LogP contribution in [0, 0.1) is 12.7 Å². The number of aryl methyl sites for hydroxylation is 1. The van der Waals surface area contributed by atoms with E-state index >= 15 is 0 Å². The molecule has 0 saturated carbocycles. The summed E-state index contributed by atoms with van der Waals surface area (Å²) in [6.07, 6.45) is 2.54. The van der Waals surface area contributed by atoms with E-state index in [9.17, 15) is 13.2 Å². The minimum absolute atomic E-state index is 0.0151. The van der Waals surface area contributed by atoms with Crippen molar-refractivity contribution in [3.05, 3.63) is 45.7 Å². The maximum absolute atomic E-state index is 13.9. The lowest BCUT2D eigenvalue weighted by Gasteiger charge is -2.15. The second-order valence-corrected chi connectivity index (χ2v) is 6.38. The number of nitrogens with zero attached hydrogens (tertiary/aromatic N) is 2. The summed E-state index contributed by atoms with van der Waals surface area (Å²) in [5, 5.41) is 6.96. The number of rotatable bonds is 7. The first-order valence-corrected chi connectivity index (χ1v) is 8.39. The highest BCUT2D eigenvalue weighted by Gasteiger charge is 2.14. The van der Waals surface area contributed by atoms with Crippen LogP contribution in [0.5, 0.6) is 5.75 Å². The van der Waals surface area contributed by atoms with Gasteiger partial charge in [-0.25, -0.2) is 9.37 Å². The van der Waals surface area contributed by atoms with Gasteiger partial charge in [-0.2, -0.15) is 8.78 Å². The van der Waals surface area contributed by atoms with Gasteiger partial charge in [0.15, 0.2) is 5.96 Å². The Labute approximate surface area is 148 Å². The van der Waals surface area contributed by atoms with Gasteiger partial charge in [0.1, 0.15) is 11.6 Å². The average molecular weight is 372 g/mol. The van der Waals surface area contributed by atoms with Gasteiger partial charge < -0.3 is 15.4 Å². The molecule has 136 valence electrons. The fourth-order valence-electron chi connectivity index (χ4n) is 2.11. The summed E-state index contributed by atoms with van der Waals surface area (Å²) in [7, 11) is 1.57. The van der Waals surface area contributed by atoms with E-state index in [0.29, 0.717) is 12.5 Å². The molecular formula is C16H19F3N4OS. The van der Waals surface area contributed by atoms with Crippen molar-refractivity contribution in [3.8, 4) is 5.75 Å². The van der Waals surface area contributed by atoms with Crippen LogP contribution in [0.2, 0.25) is 0 Å². The third kappa shape index (κ3) is 5.93. The highest BCUT2D eigenvalue weighted by Crippen LogP contribution is 2.23. The number of alkyl halides is 2. The van der Waals surface area contributed by atoms with Gasteiger partial charge in [0.05, 0.1) is 5.01 Å². The molecule has 0 aliphatic rings. The molecule has 2 aromatic rings. The van der Waals surface area contributed by atoms with Crippen LogP contribution in [0.3, 0.4) is 0 Å². The van der Waals surface area contributed by atoms with E-state index in [1.54, 1.807) is 18.4 Å². The SMILES string of the molecule is CN=C(NCCc1ncc(C)s1)NCc1c(F)cccc1OC(F)F. The molecule has 1 heterocycles. The highest BCUT2D eigenvalue weighted by atomic mass is 32.1. The lowest BCUT2D eigenvalue weighted by atomic mass is 10.2. The highest BCUT2D eigenvalue weighted by molar-refractivity contribution is 7.11. The molecule has 0 unspecified atom stereocenters. The van der Waals surface area contributed by atoms with Gasteiger partial charge in [-0.05, 0) is 19.1 Å². The molecule has 0 radical (unpaired) electrons. The van der Waals surface area contributed by atoms with Crippen LogP contribution in [0.4, 0.5) is 13.2 Å². The van der Waals surface area contributed by atoms with Crippen LogP contribution in [0.15, 0.2) is 29.4 Å². The molecule has 0 saturated heterocycles. The zero-order valence-electron chi connectivity index (χ0n) is 13.9. The van der Waals surface area contributed by atoms with E-state index in [1.807, 2.05) is 13.1 Å². The molecule has 9 heteroatoms. The van der Waals surface area contributed by atoms with E-state index in [1.165, 1.54) is 18.2 Å². The van der Waals surface area contributed by atoms with Gasteiger partial charge in [0, 0.05) is 43.2 Å². The van der Waals surface area contributed by atoms with Crippen LogP contribution in [0.25, 0.3) is 0 Å². The van der Waals surface area contributed by atoms with Gasteiger partial charge in [-0.3, -0.25) is 4.99 Å². The summed E-state index contributed by atoms with van der Waals surface area (Å²) < 4.78 is 43.1. The van der Waals surface area contributed by atoms with Crippen molar-refractivity contribution in [2.75, 3.05) is 13.6 Å². The maximum Gasteiger partial charge on any atom is 0.387 e. The Morgan fingerprint density at radius 3 is 2.80 bits per heavy atom. The van der Waals surface area contributed by atoms with Crippen molar-refractivity contribution in [2.24, 2.45) is 4.99 Å². The second-order valence-electron chi connectivity index (χ2n) is 5.06. The molecule has 1 aromatic carbocycles. The maximum atomic E-state index is 13.9. The van der Waals surface area contributed by atoms with Gasteiger partial charge >= 0.3 is 6.61 Å². The Balaban J connectivity index is 1.90. The number of guanidine groups is 1. The molecule has 1 aromatic heterocycles. The minimum atomic E-state index is -3.01. The number of thiazole rings is 1. The third-order valence-electron chi connectivity index (χ3n) is 3.25. The number of benzene rings is 1. The van der Waals surface area contributed by atoms with Crippen LogP contribution in [-0.4, -0.2) is 31.1 Å². The van der Waals surface area contributed by atoms with Crippen LogP contribution >= 0.6 is 11.3 Å². The molecule has 0 bridgehead atoms. The summed E-state index contributed by atoms with van der Waals surface area (Å²) in [6, 6.07) is 3.81. The molecule has 0 amide bonds. The smallest absolute Gasteiger partial charge is 0.387 e. The van der Waals surface area contributed by atoms with Gasteiger partial charge in [-0.1, -0.05) is 6.07 Å². The van der Waals surface area contributed by atoms with Crippen molar-refractivity contribution in [1.29, 1.82) is 0 Å². The zero-order valence-corrected chi connectivity index (χ0v) is 14.7. The van der Waals surface area contributed by atoms with Crippen LogP contribution in [-0.2, 0) is 13.0 Å². The molecule has 0 spiro atoms. The summed E-state index contributed by atoms with van der Waals surface area (Å²) >= 11 is 1.62. The van der Waals surface area contributed by atoms with Gasteiger partial charge in [-0.15, -0.1) is 11.3 Å². The Kier molecular flexibility index (Phi) is 7.05. The predicted molar refractivity (Wildman–Crippen MR) is 91.8 cm³/mol. The molecule has 5 nitrogen and oxygen atoms in total. The van der Waals surface area contributed by atoms with Gasteiger partial charge in [0.25, 0.3) is 0 Å². The molecule has 0 aliphatic heterocycles. The number of nitrogens with one attached hydrogen (secondary N) is 2. The number of hydrogen-bond acceptors (Lipinski definition) is 4. The normalized spacial score (nSPS) is 11.7. The summed E-state index contributed by atoms with van der Waals surface area (Å²) in [5.41, 5.74) is 0.0151. The van der Waals surface area contributed by atoms with Crippen molar-refractivity contribution in [2.45, 2.75) is 26.5 Å². The Hall–Kier alpha value is -2.29. The monoisotopic (exact) mass is 372 g/mol. The summed E-state index contributed by atoms with van der Waals surface area (Å²) in [4.78, 5) is 9.43. The Morgan fingerprint density at radius 2 is 2.16 bits per heavy atom. The molecule has 25 heavy (non-hydrogen) atoms. The molecule has 2 rings (SSSR count). The number of hydrogen-bond donors (Lipinski definition) is 2. The molecule has 2 N–H and O–H groups in total. The zero-order chi connectivity index (χ0) is 18.2. The average Bonchev–Trinajstić information content (AvgIpc) is 2.97. The van der Waals surface area contributed by atoms with Crippen molar-refractivity contribution < 1.29 is 17.9 Å². The standard InChI is InChI=1S/C16H19F3N4OS/c1-10-8-22-14(25-10)6-7-21-16(20-2)23-9-11-12(17)4-3-5-13(11)24-15(18)19/h3-5,8,15H,6-7,9H2,1-2H3,(H2,20,21,23). The third-order valence-corrected chi connectivity index (χ3v) is 4.22. The van der Waals surface area contributed by atoms with E-state index in [0.717, 1.165) is 16.3 Å². The Morgan fingerprint density at radius 1 is 1.36 bits per heavy atom. The van der Waals surface area contributed by atoms with Crippen molar-refractivity contribution >= 4 is 17.3 Å². The van der Waals surface area contributed by atoms with E-state index < -0.39 is 12.4 Å². The fourth-order valence-corrected chi connectivity index (χ4v) is 2.90. The van der Waals surface area contributed by atoms with E-state index in [4.69, 9.17) is 0 Å². The summed E-state index contributed by atoms with van der Waals surface area (Å²) in [5.74, 6) is -0.393. The first kappa shape index (κ1) is 19.0. The first-order valence-electron chi connectivity index (χ1n) is 7.57. The largest absolute Gasteiger partial charge is 0.434 e. The Bertz CT molecular complexity index is 721. The fraction of sp³-hybridized carbons (Fsp3) is 0.375. The lowest BCUT2D eigenvalue weighted by molar-refractivity contribution is -0.0506. The molecule has 0 fully saturated rings. The molecular weight excluding hydrogens is 353 g/mol. The van der Waals surface area contributed by atoms with E-state index in [-0.39, 0.29) is 17.9 Å². The predicted octanol–water partition coefficient (Wildman–Crippen LogP) is 3.10.